The number of fused-ring (bicyclic) bond motifs is 1. The molecule has 0 atom stereocenters. The van der Waals surface area contributed by atoms with E-state index < -0.39 is 15.7 Å². The average molecular weight is 451 g/mol. The molecule has 1 N–H and O–H groups in total. The number of carbonyl (C=O) groups excluding carboxylic acids is 1. The lowest BCUT2D eigenvalue weighted by molar-refractivity contribution is -0.116. The monoisotopic (exact) mass is 450 g/mol. The number of aromatic nitrogens is 1. The topological polar surface area (TPSA) is 68.2 Å². The minimum absolute atomic E-state index is 0.0232. The highest BCUT2D eigenvalue weighted by Gasteiger charge is 2.22. The van der Waals surface area contributed by atoms with Crippen LogP contribution in [0, 0.1) is 5.82 Å². The minimum Gasteiger partial charge on any atom is -0.337 e. The third-order valence-electron chi connectivity index (χ3n) is 5.34. The number of nitrogens with one attached hydrogen (secondary N) is 1. The molecule has 164 valence electrons. The Morgan fingerprint density at radius 1 is 0.969 bits per heavy atom. The Labute approximate surface area is 186 Å². The van der Waals surface area contributed by atoms with Crippen LogP contribution in [-0.4, -0.2) is 18.9 Å². The van der Waals surface area contributed by atoms with Crippen LogP contribution in [0.2, 0.25) is 0 Å². The van der Waals surface area contributed by atoms with Gasteiger partial charge < -0.3 is 9.88 Å². The second-order valence-corrected chi connectivity index (χ2v) is 9.54. The van der Waals surface area contributed by atoms with E-state index in [0.717, 1.165) is 17.7 Å². The molecule has 7 heteroatoms. The molecule has 0 aliphatic heterocycles. The summed E-state index contributed by atoms with van der Waals surface area (Å²) in [6, 6.07) is 20.1. The van der Waals surface area contributed by atoms with Crippen molar-refractivity contribution in [1.29, 1.82) is 0 Å². The van der Waals surface area contributed by atoms with E-state index in [9.17, 15) is 17.6 Å². The normalized spacial score (nSPS) is 11.6. The summed E-state index contributed by atoms with van der Waals surface area (Å²) < 4.78 is 41.2. The first-order valence-electron chi connectivity index (χ1n) is 10.3. The van der Waals surface area contributed by atoms with Gasteiger partial charge in [-0.15, -0.1) is 0 Å². The van der Waals surface area contributed by atoms with Gasteiger partial charge in [-0.2, -0.15) is 0 Å². The van der Waals surface area contributed by atoms with E-state index in [-0.39, 0.29) is 23.1 Å². The van der Waals surface area contributed by atoms with Crippen molar-refractivity contribution in [3.8, 4) is 0 Å². The van der Waals surface area contributed by atoms with Crippen molar-refractivity contribution in [2.45, 2.75) is 30.5 Å². The van der Waals surface area contributed by atoms with Crippen molar-refractivity contribution in [2.75, 3.05) is 5.32 Å². The van der Waals surface area contributed by atoms with Crippen LogP contribution in [-0.2, 0) is 33.4 Å². The third-order valence-corrected chi connectivity index (χ3v) is 7.05. The van der Waals surface area contributed by atoms with E-state index in [0.29, 0.717) is 16.5 Å². The molecule has 0 aliphatic rings. The Morgan fingerprint density at radius 3 is 2.41 bits per heavy atom. The number of aryl methyl sites for hydroxylation is 1. The lowest BCUT2D eigenvalue weighted by atomic mass is 10.1. The largest absolute Gasteiger partial charge is 0.337 e. The van der Waals surface area contributed by atoms with Crippen LogP contribution < -0.4 is 5.32 Å². The van der Waals surface area contributed by atoms with Crippen molar-refractivity contribution in [2.24, 2.45) is 0 Å². The average Bonchev–Trinajstić information content (AvgIpc) is 3.15. The second kappa shape index (κ2) is 8.96. The number of anilines is 1. The van der Waals surface area contributed by atoms with E-state index in [1.54, 1.807) is 28.8 Å². The molecule has 0 unspecified atom stereocenters. The fraction of sp³-hybridized carbons (Fsp3) is 0.160. The van der Waals surface area contributed by atoms with Crippen LogP contribution in [0.15, 0.2) is 83.9 Å². The molecule has 3 aromatic carbocycles. The lowest BCUT2D eigenvalue weighted by Crippen LogP contribution is -2.19. The molecule has 32 heavy (non-hydrogen) atoms. The summed E-state index contributed by atoms with van der Waals surface area (Å²) >= 11 is 0. The van der Waals surface area contributed by atoms with E-state index >= 15 is 0 Å². The number of benzene rings is 3. The highest BCUT2D eigenvalue weighted by molar-refractivity contribution is 7.90. The number of hydrogen-bond donors (Lipinski definition) is 1. The molecule has 4 rings (SSSR count). The Morgan fingerprint density at radius 2 is 1.66 bits per heavy atom. The van der Waals surface area contributed by atoms with Crippen molar-refractivity contribution in [3.63, 3.8) is 0 Å². The van der Waals surface area contributed by atoms with Gasteiger partial charge >= 0.3 is 0 Å². The highest BCUT2D eigenvalue weighted by Crippen LogP contribution is 2.28. The van der Waals surface area contributed by atoms with Gasteiger partial charge in [0.2, 0.25) is 5.91 Å². The third kappa shape index (κ3) is 4.57. The van der Waals surface area contributed by atoms with Gasteiger partial charge in [0.1, 0.15) is 12.4 Å². The maximum absolute atomic E-state index is 13.2. The predicted octanol–water partition coefficient (Wildman–Crippen LogP) is 4.96. The van der Waals surface area contributed by atoms with Gasteiger partial charge in [0.15, 0.2) is 9.84 Å². The van der Waals surface area contributed by atoms with Crippen LogP contribution in [0.3, 0.4) is 0 Å². The first-order chi connectivity index (χ1) is 15.4. The van der Waals surface area contributed by atoms with Crippen LogP contribution >= 0.6 is 0 Å². The minimum atomic E-state index is -3.71. The molecular formula is C25H23FN2O3S. The quantitative estimate of drug-likeness (QED) is 0.433. The fourth-order valence-corrected chi connectivity index (χ4v) is 5.35. The van der Waals surface area contributed by atoms with Gasteiger partial charge in [0.25, 0.3) is 0 Å². The fourth-order valence-electron chi connectivity index (χ4n) is 3.76. The van der Waals surface area contributed by atoms with Gasteiger partial charge in [0, 0.05) is 22.8 Å². The number of nitrogens with zero attached hydrogens (tertiary/aromatic N) is 1. The molecule has 0 fully saturated rings. The van der Waals surface area contributed by atoms with Crippen molar-refractivity contribution in [1.82, 2.24) is 4.57 Å². The van der Waals surface area contributed by atoms with Crippen molar-refractivity contribution in [3.05, 3.63) is 95.9 Å². The predicted molar refractivity (Wildman–Crippen MR) is 124 cm³/mol. The van der Waals surface area contributed by atoms with Gasteiger partial charge in [-0.25, -0.2) is 12.8 Å². The summed E-state index contributed by atoms with van der Waals surface area (Å²) in [4.78, 5) is 12.9. The Hall–Kier alpha value is -3.45. The molecule has 0 aliphatic carbocycles. The first-order valence-corrected chi connectivity index (χ1v) is 12.0. The number of rotatable bonds is 7. The maximum Gasteiger partial charge on any atom is 0.244 e. The summed E-state index contributed by atoms with van der Waals surface area (Å²) in [6.07, 6.45) is 2.30. The van der Waals surface area contributed by atoms with E-state index in [4.69, 9.17) is 0 Å². The number of amides is 1. The number of sulfone groups is 1. The summed E-state index contributed by atoms with van der Waals surface area (Å²) in [7, 11) is -3.71. The standard InChI is InChI=1S/C25H23FN2O3S/c1-2-19-7-3-5-9-22(19)27-25(29)16-28-15-24(21-8-4-6-10-23(21)28)32(30,31)17-18-11-13-20(26)14-12-18/h3-15H,2,16-17H2,1H3,(H,27,29). The number of halogens is 1. The second-order valence-electron chi connectivity index (χ2n) is 7.58. The summed E-state index contributed by atoms with van der Waals surface area (Å²) in [5.74, 6) is -0.912. The molecule has 1 heterocycles. The molecule has 0 spiro atoms. The number of para-hydroxylation sites is 2. The molecular weight excluding hydrogens is 427 g/mol. The maximum atomic E-state index is 13.2. The number of carbonyl (C=O) groups is 1. The van der Waals surface area contributed by atoms with Gasteiger partial charge in [-0.1, -0.05) is 55.5 Å². The Balaban J connectivity index is 1.64. The van der Waals surface area contributed by atoms with E-state index in [2.05, 4.69) is 5.32 Å². The molecule has 1 aromatic heterocycles. The van der Waals surface area contributed by atoms with Crippen molar-refractivity contribution < 1.29 is 17.6 Å². The summed E-state index contributed by atoms with van der Waals surface area (Å²) in [6.45, 7) is 1.99. The zero-order valence-electron chi connectivity index (χ0n) is 17.6. The molecule has 4 aromatic rings. The summed E-state index contributed by atoms with van der Waals surface area (Å²) in [5.41, 5.74) is 2.93. The molecule has 0 bridgehead atoms. The SMILES string of the molecule is CCc1ccccc1NC(=O)Cn1cc(S(=O)(=O)Cc2ccc(F)cc2)c2ccccc21. The Bertz CT molecular complexity index is 1380. The number of hydrogen-bond acceptors (Lipinski definition) is 3. The van der Waals surface area contributed by atoms with Crippen molar-refractivity contribution >= 4 is 32.3 Å². The zero-order chi connectivity index (χ0) is 22.7. The summed E-state index contributed by atoms with van der Waals surface area (Å²) in [5, 5.41) is 3.48. The zero-order valence-corrected chi connectivity index (χ0v) is 18.4. The first kappa shape index (κ1) is 21.8. The van der Waals surface area contributed by atoms with Crippen LogP contribution in [0.5, 0.6) is 0 Å². The molecule has 5 nitrogen and oxygen atoms in total. The lowest BCUT2D eigenvalue weighted by Gasteiger charge is -2.10. The van der Waals surface area contributed by atoms with E-state index in [1.807, 2.05) is 31.2 Å². The smallest absolute Gasteiger partial charge is 0.244 e. The van der Waals surface area contributed by atoms with Crippen LogP contribution in [0.4, 0.5) is 10.1 Å². The molecule has 0 saturated heterocycles. The molecule has 0 radical (unpaired) electrons. The van der Waals surface area contributed by atoms with Gasteiger partial charge in [-0.05, 0) is 41.8 Å². The van der Waals surface area contributed by atoms with Gasteiger partial charge in [-0.3, -0.25) is 4.79 Å². The van der Waals surface area contributed by atoms with Gasteiger partial charge in [0.05, 0.1) is 10.6 Å². The van der Waals surface area contributed by atoms with Crippen LogP contribution in [0.25, 0.3) is 10.9 Å². The molecule has 0 saturated carbocycles. The Kier molecular flexibility index (Phi) is 6.10. The van der Waals surface area contributed by atoms with E-state index in [1.165, 1.54) is 30.5 Å². The highest BCUT2D eigenvalue weighted by atomic mass is 32.2. The van der Waals surface area contributed by atoms with Crippen LogP contribution in [0.1, 0.15) is 18.1 Å². The molecule has 1 amide bonds.